The van der Waals surface area contributed by atoms with E-state index in [-0.39, 0.29) is 31.0 Å². The maximum absolute atomic E-state index is 13.9. The second-order valence-corrected chi connectivity index (χ2v) is 5.16. The van der Waals surface area contributed by atoms with E-state index >= 15 is 0 Å². The smallest absolute Gasteiger partial charge is 0.328 e. The van der Waals surface area contributed by atoms with Crippen molar-refractivity contribution in [1.29, 1.82) is 0 Å². The number of rotatable bonds is 8. The minimum Gasteiger partial charge on any atom is -0.464 e. The number of carbonyl (C=O) groups is 2. The molecule has 0 heterocycles. The molecule has 0 saturated heterocycles. The summed E-state index contributed by atoms with van der Waals surface area (Å²) in [5.41, 5.74) is 5.82. The van der Waals surface area contributed by atoms with Crippen molar-refractivity contribution in [3.63, 3.8) is 0 Å². The zero-order chi connectivity index (χ0) is 17.4. The largest absolute Gasteiger partial charge is 0.464 e. The highest BCUT2D eigenvalue weighted by molar-refractivity contribution is 5.83. The molecule has 0 spiro atoms. The normalized spacial score (nSPS) is 13.3. The van der Waals surface area contributed by atoms with E-state index in [0.717, 1.165) is 6.07 Å². The molecule has 5 nitrogen and oxygen atoms in total. The van der Waals surface area contributed by atoms with Crippen molar-refractivity contribution in [2.75, 3.05) is 13.2 Å². The first-order valence-electron chi connectivity index (χ1n) is 7.48. The van der Waals surface area contributed by atoms with Crippen LogP contribution in [0.2, 0.25) is 0 Å². The zero-order valence-electron chi connectivity index (χ0n) is 13.3. The molecular weight excluding hydrogens is 306 g/mol. The molecule has 23 heavy (non-hydrogen) atoms. The van der Waals surface area contributed by atoms with Crippen molar-refractivity contribution in [3.05, 3.63) is 35.4 Å². The maximum atomic E-state index is 13.9. The Morgan fingerprint density at radius 1 is 1.30 bits per heavy atom. The van der Waals surface area contributed by atoms with Gasteiger partial charge in [0.25, 0.3) is 0 Å². The number of hydrogen-bond donors (Lipinski definition) is 2. The van der Waals surface area contributed by atoms with Crippen LogP contribution in [-0.2, 0) is 14.3 Å². The van der Waals surface area contributed by atoms with Crippen LogP contribution in [0.5, 0.6) is 0 Å². The van der Waals surface area contributed by atoms with Crippen LogP contribution in [0, 0.1) is 11.6 Å². The van der Waals surface area contributed by atoms with Crippen LogP contribution >= 0.6 is 0 Å². The number of hydrogen-bond acceptors (Lipinski definition) is 4. The molecule has 0 bridgehead atoms. The Balaban J connectivity index is 2.82. The number of nitrogens with two attached hydrogens (primary N) is 1. The molecule has 7 heteroatoms. The van der Waals surface area contributed by atoms with Crippen molar-refractivity contribution < 1.29 is 23.1 Å². The second-order valence-electron chi connectivity index (χ2n) is 5.16. The van der Waals surface area contributed by atoms with E-state index in [1.165, 1.54) is 19.1 Å². The van der Waals surface area contributed by atoms with Crippen LogP contribution in [-0.4, -0.2) is 31.1 Å². The second kappa shape index (κ2) is 9.19. The molecule has 0 saturated carbocycles. The van der Waals surface area contributed by atoms with Crippen LogP contribution in [0.1, 0.15) is 38.2 Å². The number of benzene rings is 1. The Kier molecular flexibility index (Phi) is 7.61. The Hall–Kier alpha value is -2.02. The predicted octanol–water partition coefficient (Wildman–Crippen LogP) is 1.86. The Bertz CT molecular complexity index is 552. The van der Waals surface area contributed by atoms with Gasteiger partial charge in [-0.1, -0.05) is 12.1 Å². The number of ether oxygens (including phenoxy) is 1. The van der Waals surface area contributed by atoms with Crippen molar-refractivity contribution in [2.45, 2.75) is 38.6 Å². The predicted molar refractivity (Wildman–Crippen MR) is 81.6 cm³/mol. The average Bonchev–Trinajstić information content (AvgIpc) is 2.50. The first-order valence-corrected chi connectivity index (χ1v) is 7.48. The molecule has 1 amide bonds. The SMILES string of the molecule is CCOC(=O)C(CC[C@H](CN)c1cccc(F)c1F)NC(C)=O. The van der Waals surface area contributed by atoms with Crippen LogP contribution in [0.25, 0.3) is 0 Å². The quantitative estimate of drug-likeness (QED) is 0.714. The lowest BCUT2D eigenvalue weighted by molar-refractivity contribution is -0.147. The molecule has 1 aromatic rings. The molecule has 0 fully saturated rings. The summed E-state index contributed by atoms with van der Waals surface area (Å²) in [4.78, 5) is 23.0. The summed E-state index contributed by atoms with van der Waals surface area (Å²) in [5.74, 6) is -3.27. The minimum absolute atomic E-state index is 0.0932. The van der Waals surface area contributed by atoms with Gasteiger partial charge in [0.15, 0.2) is 11.6 Å². The lowest BCUT2D eigenvalue weighted by atomic mass is 9.92. The topological polar surface area (TPSA) is 81.4 Å². The summed E-state index contributed by atoms with van der Waals surface area (Å²) in [6.45, 7) is 3.23. The van der Waals surface area contributed by atoms with Gasteiger partial charge in [0.2, 0.25) is 5.91 Å². The number of amides is 1. The summed E-state index contributed by atoms with van der Waals surface area (Å²) >= 11 is 0. The monoisotopic (exact) mass is 328 g/mol. The van der Waals surface area contributed by atoms with Gasteiger partial charge in [-0.25, -0.2) is 13.6 Å². The van der Waals surface area contributed by atoms with E-state index < -0.39 is 29.6 Å². The fourth-order valence-corrected chi connectivity index (χ4v) is 2.34. The van der Waals surface area contributed by atoms with Crippen LogP contribution in [0.4, 0.5) is 8.78 Å². The molecule has 0 aliphatic carbocycles. The maximum Gasteiger partial charge on any atom is 0.328 e. The average molecular weight is 328 g/mol. The van der Waals surface area contributed by atoms with Crippen molar-refractivity contribution >= 4 is 11.9 Å². The molecule has 0 aliphatic heterocycles. The van der Waals surface area contributed by atoms with Gasteiger partial charge in [0.05, 0.1) is 6.61 Å². The number of halogens is 2. The highest BCUT2D eigenvalue weighted by Gasteiger charge is 2.24. The third-order valence-corrected chi connectivity index (χ3v) is 3.46. The molecule has 0 aliphatic rings. The van der Waals surface area contributed by atoms with E-state index in [0.29, 0.717) is 6.42 Å². The lowest BCUT2D eigenvalue weighted by Crippen LogP contribution is -2.41. The van der Waals surface area contributed by atoms with E-state index in [1.807, 2.05) is 0 Å². The van der Waals surface area contributed by atoms with E-state index in [4.69, 9.17) is 10.5 Å². The van der Waals surface area contributed by atoms with Crippen molar-refractivity contribution in [1.82, 2.24) is 5.32 Å². The molecule has 128 valence electrons. The van der Waals surface area contributed by atoms with Gasteiger partial charge in [0.1, 0.15) is 6.04 Å². The summed E-state index contributed by atoms with van der Waals surface area (Å²) in [6, 6.07) is 3.07. The summed E-state index contributed by atoms with van der Waals surface area (Å²) < 4.78 is 32.1. The Labute approximate surface area is 134 Å². The fraction of sp³-hybridized carbons (Fsp3) is 0.500. The minimum atomic E-state index is -0.940. The molecule has 1 aromatic carbocycles. The summed E-state index contributed by atoms with van der Waals surface area (Å²) in [6.07, 6.45) is 0.525. The van der Waals surface area contributed by atoms with Gasteiger partial charge >= 0.3 is 5.97 Å². The van der Waals surface area contributed by atoms with Gasteiger partial charge < -0.3 is 15.8 Å². The van der Waals surface area contributed by atoms with Crippen LogP contribution in [0.3, 0.4) is 0 Å². The molecule has 2 atom stereocenters. The molecule has 1 rings (SSSR count). The number of nitrogens with one attached hydrogen (secondary N) is 1. The van der Waals surface area contributed by atoms with Gasteiger partial charge in [-0.3, -0.25) is 4.79 Å². The van der Waals surface area contributed by atoms with Crippen LogP contribution in [0.15, 0.2) is 18.2 Å². The number of esters is 1. The van der Waals surface area contributed by atoms with E-state index in [1.54, 1.807) is 6.92 Å². The number of carbonyl (C=O) groups excluding carboxylic acids is 2. The van der Waals surface area contributed by atoms with E-state index in [9.17, 15) is 18.4 Å². The molecule has 3 N–H and O–H groups in total. The first kappa shape index (κ1) is 19.0. The highest BCUT2D eigenvalue weighted by Crippen LogP contribution is 2.25. The summed E-state index contributed by atoms with van der Waals surface area (Å²) in [7, 11) is 0. The molecule has 0 aromatic heterocycles. The summed E-state index contributed by atoms with van der Waals surface area (Å²) in [5, 5.41) is 2.50. The lowest BCUT2D eigenvalue weighted by Gasteiger charge is -2.20. The fourth-order valence-electron chi connectivity index (χ4n) is 2.34. The molecular formula is C16H22F2N2O3. The Morgan fingerprint density at radius 2 is 2.00 bits per heavy atom. The molecule has 0 radical (unpaired) electrons. The van der Waals surface area contributed by atoms with Gasteiger partial charge in [-0.2, -0.15) is 0 Å². The Morgan fingerprint density at radius 3 is 2.57 bits per heavy atom. The van der Waals surface area contributed by atoms with Crippen molar-refractivity contribution in [3.8, 4) is 0 Å². The van der Waals surface area contributed by atoms with Crippen molar-refractivity contribution in [2.24, 2.45) is 5.73 Å². The molecule has 1 unspecified atom stereocenters. The standard InChI is InChI=1S/C16H22F2N2O3/c1-3-23-16(22)14(20-10(2)21)8-7-11(9-19)12-5-4-6-13(17)15(12)18/h4-6,11,14H,3,7-9,19H2,1-2H3,(H,20,21)/t11-,14?/m1/s1. The first-order chi connectivity index (χ1) is 10.9. The van der Waals surface area contributed by atoms with E-state index in [2.05, 4.69) is 5.32 Å². The van der Waals surface area contributed by atoms with Crippen LogP contribution < -0.4 is 11.1 Å². The third kappa shape index (κ3) is 5.59. The highest BCUT2D eigenvalue weighted by atomic mass is 19.2. The van der Waals surface area contributed by atoms with Gasteiger partial charge in [-0.15, -0.1) is 0 Å². The van der Waals surface area contributed by atoms with Gasteiger partial charge in [0, 0.05) is 6.92 Å². The third-order valence-electron chi connectivity index (χ3n) is 3.46. The van der Waals surface area contributed by atoms with Gasteiger partial charge in [-0.05, 0) is 43.9 Å². The zero-order valence-corrected chi connectivity index (χ0v) is 13.3.